The number of nitrogens with two attached hydrogens (primary N) is 1. The molecule has 0 saturated carbocycles. The molecule has 0 radical (unpaired) electrons. The number of likely N-dealkylation sites (tertiary alicyclic amines) is 1. The summed E-state index contributed by atoms with van der Waals surface area (Å²) < 4.78 is 21.5. The zero-order valence-corrected chi connectivity index (χ0v) is 23.6. The van der Waals surface area contributed by atoms with Crippen molar-refractivity contribution in [3.05, 3.63) is 80.5 Å². The van der Waals surface area contributed by atoms with Crippen molar-refractivity contribution in [3.63, 3.8) is 0 Å². The summed E-state index contributed by atoms with van der Waals surface area (Å²) in [7, 11) is 1.65. The Morgan fingerprint density at radius 3 is 2.58 bits per heavy atom. The van der Waals surface area contributed by atoms with E-state index >= 15 is 4.39 Å². The van der Waals surface area contributed by atoms with Gasteiger partial charge in [-0.2, -0.15) is 5.26 Å². The van der Waals surface area contributed by atoms with Gasteiger partial charge in [0.15, 0.2) is 5.78 Å². The second kappa shape index (κ2) is 10.2. The number of nitriles is 1. The van der Waals surface area contributed by atoms with Gasteiger partial charge in [0, 0.05) is 34.3 Å². The van der Waals surface area contributed by atoms with Gasteiger partial charge in [-0.15, -0.1) is 0 Å². The summed E-state index contributed by atoms with van der Waals surface area (Å²) in [5.41, 5.74) is 9.83. The molecule has 0 aromatic heterocycles. The van der Waals surface area contributed by atoms with E-state index < -0.39 is 11.7 Å². The Morgan fingerprint density at radius 1 is 1.18 bits per heavy atom. The summed E-state index contributed by atoms with van der Waals surface area (Å²) in [6.45, 7) is 6.85. The lowest BCUT2D eigenvalue weighted by atomic mass is 9.68. The van der Waals surface area contributed by atoms with E-state index in [9.17, 15) is 10.1 Å². The highest BCUT2D eigenvalue weighted by molar-refractivity contribution is 9.10. The molecule has 6 nitrogen and oxygen atoms in total. The molecule has 1 aliphatic carbocycles. The quantitative estimate of drug-likeness (QED) is 0.459. The molecular weight excluding hydrogens is 547 g/mol. The Bertz CT molecular complexity index is 1400. The predicted molar refractivity (Wildman–Crippen MR) is 149 cm³/mol. The summed E-state index contributed by atoms with van der Waals surface area (Å²) >= 11 is 3.31. The maximum Gasteiger partial charge on any atom is 0.162 e. The van der Waals surface area contributed by atoms with Crippen molar-refractivity contribution >= 4 is 27.4 Å². The first-order valence-electron chi connectivity index (χ1n) is 12.9. The molecule has 0 spiro atoms. The minimum absolute atomic E-state index is 0.0408. The third-order valence-electron chi connectivity index (χ3n) is 7.76. The number of hydrogen-bond donors (Lipinski definition) is 1. The number of hydrogen-bond acceptors (Lipinski definition) is 6. The van der Waals surface area contributed by atoms with Gasteiger partial charge in [0.1, 0.15) is 17.4 Å². The lowest BCUT2D eigenvalue weighted by molar-refractivity contribution is -0.118. The number of methoxy groups -OCH3 is 1. The molecule has 3 aliphatic rings. The fourth-order valence-electron chi connectivity index (χ4n) is 6.06. The van der Waals surface area contributed by atoms with Crippen molar-refractivity contribution < 1.29 is 13.9 Å². The second-order valence-electron chi connectivity index (χ2n) is 11.1. The van der Waals surface area contributed by atoms with E-state index in [1.54, 1.807) is 24.1 Å². The van der Waals surface area contributed by atoms with E-state index in [0.29, 0.717) is 28.6 Å². The minimum atomic E-state index is -0.628. The Kier molecular flexibility index (Phi) is 7.10. The largest absolute Gasteiger partial charge is 0.496 e. The van der Waals surface area contributed by atoms with Gasteiger partial charge < -0.3 is 10.5 Å². The lowest BCUT2D eigenvalue weighted by Crippen LogP contribution is -2.42. The van der Waals surface area contributed by atoms with Gasteiger partial charge >= 0.3 is 0 Å². The number of nitrogens with zero attached hydrogens (tertiary/aromatic N) is 3. The van der Waals surface area contributed by atoms with Crippen molar-refractivity contribution in [2.45, 2.75) is 52.0 Å². The van der Waals surface area contributed by atoms with E-state index in [0.717, 1.165) is 36.5 Å². The molecule has 2 aromatic carbocycles. The maximum absolute atomic E-state index is 15.3. The van der Waals surface area contributed by atoms with Crippen LogP contribution in [0.15, 0.2) is 63.5 Å². The van der Waals surface area contributed by atoms with Crippen LogP contribution in [0, 0.1) is 22.6 Å². The fourth-order valence-corrected chi connectivity index (χ4v) is 6.40. The summed E-state index contributed by atoms with van der Waals surface area (Å²) in [5, 5.41) is 10.4. The van der Waals surface area contributed by atoms with Gasteiger partial charge in [-0.3, -0.25) is 14.6 Å². The van der Waals surface area contributed by atoms with Gasteiger partial charge in [0.05, 0.1) is 30.4 Å². The van der Waals surface area contributed by atoms with E-state index in [4.69, 9.17) is 10.5 Å². The van der Waals surface area contributed by atoms with Gasteiger partial charge in [-0.05, 0) is 73.7 Å². The van der Waals surface area contributed by atoms with Crippen LogP contribution in [0.1, 0.15) is 56.6 Å². The Balaban J connectivity index is 1.70. The van der Waals surface area contributed by atoms with Crippen molar-refractivity contribution in [2.24, 2.45) is 11.1 Å². The molecule has 5 rings (SSSR count). The average molecular weight is 580 g/mol. The molecule has 2 aliphatic heterocycles. The van der Waals surface area contributed by atoms with Crippen molar-refractivity contribution in [3.8, 4) is 11.8 Å². The highest BCUT2D eigenvalue weighted by atomic mass is 79.9. The van der Waals surface area contributed by atoms with Crippen LogP contribution in [0.5, 0.6) is 5.75 Å². The smallest absolute Gasteiger partial charge is 0.162 e. The van der Waals surface area contributed by atoms with E-state index in [-0.39, 0.29) is 28.3 Å². The van der Waals surface area contributed by atoms with E-state index in [1.807, 2.05) is 32.0 Å². The normalized spacial score (nSPS) is 21.5. The van der Waals surface area contributed by atoms with Crippen LogP contribution < -0.4 is 15.4 Å². The third kappa shape index (κ3) is 4.74. The third-order valence-corrected chi connectivity index (χ3v) is 8.26. The Morgan fingerprint density at radius 2 is 1.92 bits per heavy atom. The van der Waals surface area contributed by atoms with Crippen molar-refractivity contribution in [2.75, 3.05) is 25.1 Å². The van der Waals surface area contributed by atoms with Crippen LogP contribution in [-0.4, -0.2) is 30.9 Å². The van der Waals surface area contributed by atoms with Crippen molar-refractivity contribution in [1.82, 2.24) is 4.90 Å². The molecule has 1 fully saturated rings. The Labute approximate surface area is 231 Å². The number of anilines is 1. The summed E-state index contributed by atoms with van der Waals surface area (Å²) in [4.78, 5) is 17.8. The standard InChI is InChI=1S/C30H32BrFN4O2/c1-30(2)14-24-28(25(37)15-30)27(18-6-9-26(38-3)19(12-18)17-35-10-4-5-11-35)21(16-33)29(34)36(24)23-8-7-20(31)13-22(23)32/h6-9,12-13,27H,4-5,10-11,14-15,17,34H2,1-3H3/t27-/m1/s1. The number of halogens is 2. The molecule has 2 aromatic rings. The first-order valence-corrected chi connectivity index (χ1v) is 13.7. The van der Waals surface area contributed by atoms with Crippen LogP contribution in [0.25, 0.3) is 0 Å². The molecule has 0 amide bonds. The van der Waals surface area contributed by atoms with Gasteiger partial charge in [0.2, 0.25) is 0 Å². The summed E-state index contributed by atoms with van der Waals surface area (Å²) in [6.07, 6.45) is 3.21. The number of carbonyl (C=O) groups is 1. The topological polar surface area (TPSA) is 82.6 Å². The predicted octanol–water partition coefficient (Wildman–Crippen LogP) is 6.13. The Hall–Kier alpha value is -3.15. The SMILES string of the molecule is COc1ccc([C@@H]2C(C#N)=C(N)N(c3ccc(Br)cc3F)C3=C2C(=O)CC(C)(C)C3)cc1CN1CCCC1. The highest BCUT2D eigenvalue weighted by Crippen LogP contribution is 2.51. The first-order chi connectivity index (χ1) is 18.1. The number of Topliss-reactive ketones (excluding diaryl/α,β-unsaturated/α-hetero) is 1. The van der Waals surface area contributed by atoms with Crippen LogP contribution in [0.2, 0.25) is 0 Å². The highest BCUT2D eigenvalue weighted by Gasteiger charge is 2.45. The number of rotatable bonds is 5. The molecule has 0 bridgehead atoms. The van der Waals surface area contributed by atoms with Crippen LogP contribution in [0.3, 0.4) is 0 Å². The van der Waals surface area contributed by atoms with Crippen LogP contribution in [-0.2, 0) is 11.3 Å². The molecule has 2 heterocycles. The molecule has 8 heteroatoms. The average Bonchev–Trinajstić information content (AvgIpc) is 3.36. The fraction of sp³-hybridized carbons (Fsp3) is 0.400. The van der Waals surface area contributed by atoms with Crippen LogP contribution in [0.4, 0.5) is 10.1 Å². The molecule has 198 valence electrons. The zero-order chi connectivity index (χ0) is 27.2. The molecule has 1 atom stereocenters. The minimum Gasteiger partial charge on any atom is -0.496 e. The summed E-state index contributed by atoms with van der Waals surface area (Å²) in [5.74, 6) is -0.230. The second-order valence-corrected chi connectivity index (χ2v) is 12.0. The van der Waals surface area contributed by atoms with E-state index in [2.05, 4.69) is 26.9 Å². The number of ketones is 1. The lowest BCUT2D eigenvalue weighted by Gasteiger charge is -2.44. The van der Waals surface area contributed by atoms with E-state index in [1.165, 1.54) is 18.9 Å². The zero-order valence-electron chi connectivity index (χ0n) is 22.0. The number of allylic oxidation sites excluding steroid dienone is 3. The van der Waals surface area contributed by atoms with Gasteiger partial charge in [-0.1, -0.05) is 35.8 Å². The number of carbonyl (C=O) groups excluding carboxylic acids is 1. The maximum atomic E-state index is 15.3. The molecule has 2 N–H and O–H groups in total. The number of ether oxygens (including phenoxy) is 1. The van der Waals surface area contributed by atoms with Crippen molar-refractivity contribution in [1.29, 1.82) is 5.26 Å². The first kappa shape index (κ1) is 26.5. The molecule has 1 saturated heterocycles. The van der Waals surface area contributed by atoms with Crippen LogP contribution >= 0.6 is 15.9 Å². The van der Waals surface area contributed by atoms with Gasteiger partial charge in [0.25, 0.3) is 0 Å². The monoisotopic (exact) mass is 578 g/mol. The molecule has 0 unspecified atom stereocenters. The molecular formula is C30H32BrFN4O2. The van der Waals surface area contributed by atoms with Gasteiger partial charge in [-0.25, -0.2) is 4.39 Å². The summed E-state index contributed by atoms with van der Waals surface area (Å²) in [6, 6.07) is 12.9. The number of benzene rings is 2. The molecule has 38 heavy (non-hydrogen) atoms.